The van der Waals surface area contributed by atoms with Crippen LogP contribution in [-0.4, -0.2) is 37.1 Å². The van der Waals surface area contributed by atoms with Gasteiger partial charge in [-0.3, -0.25) is 9.59 Å². The molecule has 0 fully saturated rings. The van der Waals surface area contributed by atoms with Crippen molar-refractivity contribution in [2.24, 2.45) is 13.0 Å². The van der Waals surface area contributed by atoms with E-state index in [1.54, 1.807) is 42.1 Å². The average Bonchev–Trinajstić information content (AvgIpc) is 3.19. The summed E-state index contributed by atoms with van der Waals surface area (Å²) in [5, 5.41) is 5.81. The number of carbonyl (C=O) groups is 2. The number of hydrogen-bond donors (Lipinski definition) is 2. The number of aromatic nitrogens is 1. The van der Waals surface area contributed by atoms with E-state index in [9.17, 15) is 9.59 Å². The summed E-state index contributed by atoms with van der Waals surface area (Å²) in [6, 6.07) is 6.74. The van der Waals surface area contributed by atoms with Crippen molar-refractivity contribution in [2.45, 2.75) is 25.7 Å². The van der Waals surface area contributed by atoms with Crippen molar-refractivity contribution in [3.63, 3.8) is 0 Å². The predicted molar refractivity (Wildman–Crippen MR) is 116 cm³/mol. The van der Waals surface area contributed by atoms with Crippen LogP contribution in [0, 0.1) is 5.92 Å². The summed E-state index contributed by atoms with van der Waals surface area (Å²) >= 11 is 0. The Kier molecular flexibility index (Phi) is 7.17. The van der Waals surface area contributed by atoms with Crippen LogP contribution in [0.3, 0.4) is 0 Å². The van der Waals surface area contributed by atoms with Crippen molar-refractivity contribution >= 4 is 17.5 Å². The van der Waals surface area contributed by atoms with Gasteiger partial charge in [0.2, 0.25) is 0 Å². The number of hydrogen-bond acceptors (Lipinski definition) is 4. The highest BCUT2D eigenvalue weighted by Crippen LogP contribution is 2.37. The van der Waals surface area contributed by atoms with E-state index in [1.807, 2.05) is 0 Å². The van der Waals surface area contributed by atoms with E-state index in [-0.39, 0.29) is 11.8 Å². The lowest BCUT2D eigenvalue weighted by molar-refractivity contribution is 0.0949. The maximum atomic E-state index is 12.7. The zero-order valence-corrected chi connectivity index (χ0v) is 17.7. The van der Waals surface area contributed by atoms with E-state index >= 15 is 0 Å². The van der Waals surface area contributed by atoms with Crippen LogP contribution in [-0.2, 0) is 7.05 Å². The summed E-state index contributed by atoms with van der Waals surface area (Å²) < 4.78 is 12.5. The fraction of sp³-hybridized carbons (Fsp3) is 0.391. The molecule has 0 bridgehead atoms. The quantitative estimate of drug-likeness (QED) is 0.648. The minimum Gasteiger partial charge on any atom is -0.493 e. The smallest absolute Gasteiger partial charge is 0.272 e. The van der Waals surface area contributed by atoms with Gasteiger partial charge in [0.25, 0.3) is 11.8 Å². The monoisotopic (exact) mass is 411 g/mol. The summed E-state index contributed by atoms with van der Waals surface area (Å²) in [6.45, 7) is 0.608. The number of methoxy groups -OCH3 is 2. The number of benzene rings is 1. The second kappa shape index (κ2) is 10.0. The van der Waals surface area contributed by atoms with Crippen LogP contribution in [0.1, 0.15) is 46.5 Å². The number of allylic oxidation sites excluding steroid dienone is 2. The number of rotatable bonds is 8. The first-order valence-corrected chi connectivity index (χ1v) is 10.2. The van der Waals surface area contributed by atoms with Crippen molar-refractivity contribution in [3.05, 3.63) is 53.9 Å². The molecule has 160 valence electrons. The van der Waals surface area contributed by atoms with E-state index < -0.39 is 0 Å². The van der Waals surface area contributed by atoms with Crippen LogP contribution < -0.4 is 20.1 Å². The largest absolute Gasteiger partial charge is 0.493 e. The van der Waals surface area contributed by atoms with Crippen molar-refractivity contribution in [3.8, 4) is 11.5 Å². The van der Waals surface area contributed by atoms with Crippen LogP contribution in [0.25, 0.3) is 0 Å². The van der Waals surface area contributed by atoms with Crippen molar-refractivity contribution < 1.29 is 19.1 Å². The molecular formula is C23H29N3O4. The number of ether oxygens (including phenoxy) is 2. The first-order valence-electron chi connectivity index (χ1n) is 10.2. The first-order chi connectivity index (χ1) is 14.5. The van der Waals surface area contributed by atoms with E-state index in [1.165, 1.54) is 14.2 Å². The lowest BCUT2D eigenvalue weighted by Gasteiger charge is -2.18. The number of amides is 2. The van der Waals surface area contributed by atoms with Crippen LogP contribution >= 0.6 is 0 Å². The molecule has 1 unspecified atom stereocenters. The van der Waals surface area contributed by atoms with E-state index in [0.29, 0.717) is 40.9 Å². The molecule has 7 nitrogen and oxygen atoms in total. The van der Waals surface area contributed by atoms with Crippen LogP contribution in [0.15, 0.2) is 42.6 Å². The molecule has 1 heterocycles. The average molecular weight is 412 g/mol. The Bertz CT molecular complexity index is 933. The Morgan fingerprint density at radius 2 is 2.00 bits per heavy atom. The molecular weight excluding hydrogens is 382 g/mol. The highest BCUT2D eigenvalue weighted by molar-refractivity contribution is 6.05. The molecule has 30 heavy (non-hydrogen) atoms. The molecule has 1 aliphatic rings. The van der Waals surface area contributed by atoms with Gasteiger partial charge in [0.05, 0.1) is 19.9 Å². The summed E-state index contributed by atoms with van der Waals surface area (Å²) in [6.07, 6.45) is 10.5. The molecule has 0 spiro atoms. The summed E-state index contributed by atoms with van der Waals surface area (Å²) in [5.74, 6) is 0.846. The van der Waals surface area contributed by atoms with Gasteiger partial charge < -0.3 is 24.7 Å². The maximum Gasteiger partial charge on any atom is 0.272 e. The zero-order chi connectivity index (χ0) is 21.5. The fourth-order valence-corrected chi connectivity index (χ4v) is 3.68. The minimum absolute atomic E-state index is 0.211. The van der Waals surface area contributed by atoms with Crippen LogP contribution in [0.2, 0.25) is 0 Å². The normalized spacial score (nSPS) is 15.5. The first kappa shape index (κ1) is 21.5. The summed E-state index contributed by atoms with van der Waals surface area (Å²) in [4.78, 5) is 25.4. The number of nitrogens with one attached hydrogen (secondary N) is 2. The maximum absolute atomic E-state index is 12.7. The molecule has 2 N–H and O–H groups in total. The molecule has 7 heteroatoms. The van der Waals surface area contributed by atoms with Gasteiger partial charge in [-0.05, 0) is 55.9 Å². The Morgan fingerprint density at radius 1 is 1.17 bits per heavy atom. The van der Waals surface area contributed by atoms with Crippen LogP contribution in [0.5, 0.6) is 11.5 Å². The molecule has 1 aromatic carbocycles. The van der Waals surface area contributed by atoms with Gasteiger partial charge >= 0.3 is 0 Å². The van der Waals surface area contributed by atoms with Gasteiger partial charge in [0, 0.05) is 25.4 Å². The van der Waals surface area contributed by atoms with E-state index in [4.69, 9.17) is 9.47 Å². The molecule has 2 amide bonds. The van der Waals surface area contributed by atoms with Gasteiger partial charge in [0.1, 0.15) is 5.69 Å². The molecule has 0 saturated heterocycles. The lowest BCUT2D eigenvalue weighted by atomic mass is 9.91. The van der Waals surface area contributed by atoms with Gasteiger partial charge in [-0.2, -0.15) is 0 Å². The van der Waals surface area contributed by atoms with Gasteiger partial charge in [-0.1, -0.05) is 12.2 Å². The summed E-state index contributed by atoms with van der Waals surface area (Å²) in [7, 11) is 4.78. The fourth-order valence-electron chi connectivity index (χ4n) is 3.68. The Labute approximate surface area is 177 Å². The molecule has 3 rings (SSSR count). The highest BCUT2D eigenvalue weighted by Gasteiger charge is 2.19. The lowest BCUT2D eigenvalue weighted by Crippen LogP contribution is -2.26. The van der Waals surface area contributed by atoms with E-state index in [2.05, 4.69) is 22.8 Å². The molecule has 0 radical (unpaired) electrons. The molecule has 0 saturated carbocycles. The minimum atomic E-state index is -0.300. The Morgan fingerprint density at radius 3 is 2.63 bits per heavy atom. The second-order valence-electron chi connectivity index (χ2n) is 7.41. The van der Waals surface area contributed by atoms with Gasteiger partial charge in [0.15, 0.2) is 11.5 Å². The highest BCUT2D eigenvalue weighted by atomic mass is 16.5. The predicted octanol–water partition coefficient (Wildman–Crippen LogP) is 3.77. The number of nitrogens with zero attached hydrogens (tertiary/aromatic N) is 1. The third kappa shape index (κ3) is 5.03. The summed E-state index contributed by atoms with van der Waals surface area (Å²) in [5.41, 5.74) is 1.27. The number of aryl methyl sites for hydroxylation is 1. The van der Waals surface area contributed by atoms with Gasteiger partial charge in [-0.15, -0.1) is 0 Å². The Hall–Kier alpha value is -3.22. The zero-order valence-electron chi connectivity index (χ0n) is 17.7. The molecule has 1 atom stereocenters. The van der Waals surface area contributed by atoms with E-state index in [0.717, 1.165) is 25.7 Å². The molecule has 0 aliphatic heterocycles. The third-order valence-electron chi connectivity index (χ3n) is 5.38. The van der Waals surface area contributed by atoms with Gasteiger partial charge in [-0.25, -0.2) is 0 Å². The topological polar surface area (TPSA) is 81.6 Å². The molecule has 1 aromatic heterocycles. The van der Waals surface area contributed by atoms with Crippen LogP contribution in [0.4, 0.5) is 5.69 Å². The molecule has 1 aliphatic carbocycles. The second-order valence-corrected chi connectivity index (χ2v) is 7.41. The Balaban J connectivity index is 1.74. The molecule has 2 aromatic rings. The standard InChI is InChI=1S/C23H29N3O4/c1-26-13-7-10-19(26)23(28)25-18-14-17(15-20(29-2)21(18)30-3)22(27)24-12-11-16-8-5-4-6-9-16/h4-5,7,10,13-16H,6,8-9,11-12H2,1-3H3,(H,24,27)(H,25,28). The van der Waals surface area contributed by atoms with Crippen molar-refractivity contribution in [2.75, 3.05) is 26.1 Å². The number of carbonyl (C=O) groups excluding carboxylic acids is 2. The van der Waals surface area contributed by atoms with Crippen molar-refractivity contribution in [1.82, 2.24) is 9.88 Å². The number of anilines is 1. The van der Waals surface area contributed by atoms with Crippen molar-refractivity contribution in [1.29, 1.82) is 0 Å². The SMILES string of the molecule is COc1cc(C(=O)NCCC2CC=CCC2)cc(NC(=O)c2cccn2C)c1OC. The third-order valence-corrected chi connectivity index (χ3v) is 5.38.